The number of rotatable bonds is 5. The fourth-order valence-corrected chi connectivity index (χ4v) is 3.80. The molecule has 2 N–H and O–H groups in total. The zero-order valence-electron chi connectivity index (χ0n) is 15.8. The van der Waals surface area contributed by atoms with E-state index in [1.54, 1.807) is 0 Å². The first kappa shape index (κ1) is 18.3. The van der Waals surface area contributed by atoms with Gasteiger partial charge < -0.3 is 19.9 Å². The molecule has 0 unspecified atom stereocenters. The average molecular weight is 375 g/mol. The van der Waals surface area contributed by atoms with E-state index in [4.69, 9.17) is 4.74 Å². The van der Waals surface area contributed by atoms with Gasteiger partial charge in [-0.05, 0) is 48.7 Å². The molecule has 1 saturated heterocycles. The predicted molar refractivity (Wildman–Crippen MR) is 111 cm³/mol. The van der Waals surface area contributed by atoms with Crippen molar-refractivity contribution in [2.45, 2.75) is 18.3 Å². The summed E-state index contributed by atoms with van der Waals surface area (Å²) in [4.78, 5) is 12.6. The fourth-order valence-electron chi connectivity index (χ4n) is 3.80. The number of benzene rings is 2. The SMILES string of the molecule is O=C(NCC1(c2ccccc2)CCOCC1)Nc1cccc(-n2cccc2)c1. The highest BCUT2D eigenvalue weighted by Crippen LogP contribution is 2.34. The Kier molecular flexibility index (Phi) is 5.44. The number of hydrogen-bond acceptors (Lipinski definition) is 2. The van der Waals surface area contributed by atoms with Crippen LogP contribution < -0.4 is 10.6 Å². The third-order valence-corrected chi connectivity index (χ3v) is 5.43. The minimum Gasteiger partial charge on any atom is -0.381 e. The van der Waals surface area contributed by atoms with Crippen LogP contribution >= 0.6 is 0 Å². The Bertz CT molecular complexity index is 901. The minimum atomic E-state index is -0.188. The summed E-state index contributed by atoms with van der Waals surface area (Å²) >= 11 is 0. The Hall–Kier alpha value is -3.05. The molecule has 0 radical (unpaired) electrons. The standard InChI is InChI=1S/C23H25N3O2/c27-22(25-20-9-6-10-21(17-20)26-13-4-5-14-26)24-18-23(11-15-28-16-12-23)19-7-2-1-3-8-19/h1-10,13-14,17H,11-12,15-16,18H2,(H2,24,25,27). The van der Waals surface area contributed by atoms with E-state index in [-0.39, 0.29) is 11.4 Å². The molecule has 4 rings (SSSR count). The largest absolute Gasteiger partial charge is 0.381 e. The Morgan fingerprint density at radius 1 is 0.964 bits per heavy atom. The van der Waals surface area contributed by atoms with Crippen LogP contribution in [0.5, 0.6) is 0 Å². The van der Waals surface area contributed by atoms with Gasteiger partial charge in [-0.15, -0.1) is 0 Å². The van der Waals surface area contributed by atoms with Crippen molar-refractivity contribution in [1.82, 2.24) is 9.88 Å². The molecule has 3 aromatic rings. The maximum Gasteiger partial charge on any atom is 0.319 e. The number of carbonyl (C=O) groups excluding carboxylic acids is 1. The monoisotopic (exact) mass is 375 g/mol. The highest BCUT2D eigenvalue weighted by Gasteiger charge is 2.34. The quantitative estimate of drug-likeness (QED) is 0.697. The molecule has 0 bridgehead atoms. The lowest BCUT2D eigenvalue weighted by atomic mass is 9.74. The smallest absolute Gasteiger partial charge is 0.319 e. The molecule has 2 aromatic carbocycles. The summed E-state index contributed by atoms with van der Waals surface area (Å²) in [6.45, 7) is 2.03. The fraction of sp³-hybridized carbons (Fsp3) is 0.261. The normalized spacial score (nSPS) is 15.7. The molecule has 144 valence electrons. The van der Waals surface area contributed by atoms with E-state index in [0.717, 1.165) is 37.4 Å². The van der Waals surface area contributed by atoms with Crippen LogP contribution in [0.1, 0.15) is 18.4 Å². The van der Waals surface area contributed by atoms with Crippen molar-refractivity contribution in [3.05, 3.63) is 84.7 Å². The Morgan fingerprint density at radius 2 is 1.71 bits per heavy atom. The molecular weight excluding hydrogens is 350 g/mol. The van der Waals surface area contributed by atoms with Crippen molar-refractivity contribution in [3.8, 4) is 5.69 Å². The van der Waals surface area contributed by atoms with Gasteiger partial charge in [0.2, 0.25) is 0 Å². The number of hydrogen-bond donors (Lipinski definition) is 2. The van der Waals surface area contributed by atoms with Crippen LogP contribution in [0.2, 0.25) is 0 Å². The van der Waals surface area contributed by atoms with E-state index in [1.165, 1.54) is 5.56 Å². The zero-order chi connectivity index (χ0) is 19.2. The summed E-state index contributed by atoms with van der Waals surface area (Å²) in [6, 6.07) is 22.0. The first-order chi connectivity index (χ1) is 13.8. The van der Waals surface area contributed by atoms with E-state index in [0.29, 0.717) is 6.54 Å². The maximum atomic E-state index is 12.6. The zero-order valence-corrected chi connectivity index (χ0v) is 15.8. The van der Waals surface area contributed by atoms with E-state index < -0.39 is 0 Å². The third kappa shape index (κ3) is 4.10. The van der Waals surface area contributed by atoms with Gasteiger partial charge in [-0.1, -0.05) is 36.4 Å². The molecule has 28 heavy (non-hydrogen) atoms. The van der Waals surface area contributed by atoms with E-state index >= 15 is 0 Å². The molecule has 2 heterocycles. The van der Waals surface area contributed by atoms with Crippen molar-refractivity contribution >= 4 is 11.7 Å². The second-order valence-corrected chi connectivity index (χ2v) is 7.21. The molecule has 5 nitrogen and oxygen atoms in total. The van der Waals surface area contributed by atoms with Crippen LogP contribution in [-0.4, -0.2) is 30.4 Å². The predicted octanol–water partition coefficient (Wildman–Crippen LogP) is 4.35. The number of anilines is 1. The molecular formula is C23H25N3O2. The molecule has 0 aliphatic carbocycles. The topological polar surface area (TPSA) is 55.3 Å². The van der Waals surface area contributed by atoms with Crippen molar-refractivity contribution in [3.63, 3.8) is 0 Å². The molecule has 1 fully saturated rings. The number of urea groups is 1. The second-order valence-electron chi connectivity index (χ2n) is 7.21. The van der Waals surface area contributed by atoms with Crippen molar-refractivity contribution < 1.29 is 9.53 Å². The summed E-state index contributed by atoms with van der Waals surface area (Å²) in [5.41, 5.74) is 2.95. The molecule has 1 aromatic heterocycles. The van der Waals surface area contributed by atoms with E-state index in [2.05, 4.69) is 34.9 Å². The number of nitrogens with zero attached hydrogens (tertiary/aromatic N) is 1. The molecule has 0 atom stereocenters. The first-order valence-corrected chi connectivity index (χ1v) is 9.67. The van der Waals surface area contributed by atoms with Crippen molar-refractivity contribution in [1.29, 1.82) is 0 Å². The number of nitrogens with one attached hydrogen (secondary N) is 2. The molecule has 0 spiro atoms. The van der Waals surface area contributed by atoms with Crippen molar-refractivity contribution in [2.24, 2.45) is 0 Å². The number of aromatic nitrogens is 1. The Morgan fingerprint density at radius 3 is 2.46 bits per heavy atom. The first-order valence-electron chi connectivity index (χ1n) is 9.67. The summed E-state index contributed by atoms with van der Waals surface area (Å²) in [5, 5.41) is 6.04. The molecule has 5 heteroatoms. The molecule has 1 aliphatic heterocycles. The van der Waals surface area contributed by atoms with Gasteiger partial charge in [-0.3, -0.25) is 0 Å². The van der Waals surface area contributed by atoms with Gasteiger partial charge in [0.15, 0.2) is 0 Å². The van der Waals surface area contributed by atoms with Gasteiger partial charge in [0.05, 0.1) is 0 Å². The van der Waals surface area contributed by atoms with Gasteiger partial charge in [-0.25, -0.2) is 4.79 Å². The average Bonchev–Trinajstić information content (AvgIpc) is 3.29. The van der Waals surface area contributed by atoms with Gasteiger partial charge in [0.1, 0.15) is 0 Å². The Balaban J connectivity index is 1.43. The minimum absolute atomic E-state index is 0.0795. The number of carbonyl (C=O) groups is 1. The highest BCUT2D eigenvalue weighted by atomic mass is 16.5. The highest BCUT2D eigenvalue weighted by molar-refractivity contribution is 5.89. The molecule has 0 saturated carbocycles. The van der Waals surface area contributed by atoms with Crippen LogP contribution in [0.4, 0.5) is 10.5 Å². The number of amides is 2. The van der Waals surface area contributed by atoms with Gasteiger partial charge >= 0.3 is 6.03 Å². The van der Waals surface area contributed by atoms with Gasteiger partial charge in [0.25, 0.3) is 0 Å². The molecule has 1 aliphatic rings. The van der Waals surface area contributed by atoms with Crippen LogP contribution in [-0.2, 0) is 10.2 Å². The van der Waals surface area contributed by atoms with Crippen LogP contribution in [0, 0.1) is 0 Å². The van der Waals surface area contributed by atoms with Crippen LogP contribution in [0.15, 0.2) is 79.1 Å². The number of ether oxygens (including phenoxy) is 1. The lowest BCUT2D eigenvalue weighted by Gasteiger charge is -2.38. The summed E-state index contributed by atoms with van der Waals surface area (Å²) in [6.07, 6.45) is 5.77. The Labute approximate surface area is 165 Å². The van der Waals surface area contributed by atoms with Crippen LogP contribution in [0.3, 0.4) is 0 Å². The lowest BCUT2D eigenvalue weighted by molar-refractivity contribution is 0.0508. The summed E-state index contributed by atoms with van der Waals surface area (Å²) in [5.74, 6) is 0. The van der Waals surface area contributed by atoms with Gasteiger partial charge in [-0.2, -0.15) is 0 Å². The molecule has 2 amide bonds. The third-order valence-electron chi connectivity index (χ3n) is 5.43. The summed E-state index contributed by atoms with van der Waals surface area (Å²) in [7, 11) is 0. The van der Waals surface area contributed by atoms with Crippen LogP contribution in [0.25, 0.3) is 5.69 Å². The van der Waals surface area contributed by atoms with Gasteiger partial charge in [0, 0.05) is 48.9 Å². The summed E-state index contributed by atoms with van der Waals surface area (Å²) < 4.78 is 7.58. The maximum absolute atomic E-state index is 12.6. The lowest BCUT2D eigenvalue weighted by Crippen LogP contribution is -2.45. The second kappa shape index (κ2) is 8.31. The van der Waals surface area contributed by atoms with Crippen molar-refractivity contribution in [2.75, 3.05) is 25.1 Å². The van der Waals surface area contributed by atoms with E-state index in [9.17, 15) is 4.79 Å². The van der Waals surface area contributed by atoms with E-state index in [1.807, 2.05) is 59.4 Å².